The number of nitrogens with one attached hydrogen (secondary N) is 1. The number of carbonyl (C=O) groups is 1. The fraction of sp³-hybridized carbons (Fsp3) is 0.382. The van der Waals surface area contributed by atoms with Crippen molar-refractivity contribution in [3.8, 4) is 11.3 Å². The summed E-state index contributed by atoms with van der Waals surface area (Å²) in [6.45, 7) is 6.97. The molecule has 2 aliphatic rings. The van der Waals surface area contributed by atoms with E-state index >= 15 is 4.39 Å². The topological polar surface area (TPSA) is 67.2 Å². The fourth-order valence-corrected chi connectivity index (χ4v) is 7.61. The predicted octanol–water partition coefficient (Wildman–Crippen LogP) is 7.33. The Morgan fingerprint density at radius 3 is 2.62 bits per heavy atom. The average molecular weight is 585 g/mol. The van der Waals surface area contributed by atoms with Crippen molar-refractivity contribution in [2.24, 2.45) is 7.05 Å². The number of hydrogen-bond acceptors (Lipinski definition) is 6. The summed E-state index contributed by atoms with van der Waals surface area (Å²) in [5.41, 5.74) is 5.27. The zero-order valence-electron chi connectivity index (χ0n) is 24.8. The normalized spacial score (nSPS) is 17.3. The minimum absolute atomic E-state index is 0.00451. The molecule has 0 aliphatic heterocycles. The fourth-order valence-electron chi connectivity index (χ4n) is 6.28. The van der Waals surface area contributed by atoms with Crippen LogP contribution in [0.1, 0.15) is 81.7 Å². The maximum Gasteiger partial charge on any atom is 0.293 e. The van der Waals surface area contributed by atoms with E-state index in [9.17, 15) is 9.59 Å². The third-order valence-corrected chi connectivity index (χ3v) is 10.4. The lowest BCUT2D eigenvalue weighted by Gasteiger charge is -2.21. The van der Waals surface area contributed by atoms with Gasteiger partial charge in [0.05, 0.1) is 10.6 Å². The molecular formula is C34H37FN4O2S. The van der Waals surface area contributed by atoms with Crippen LogP contribution in [0.15, 0.2) is 53.5 Å². The van der Waals surface area contributed by atoms with Crippen LogP contribution in [0.5, 0.6) is 0 Å². The SMILES string of the molecule is Cc1c(-c2cn(C)c(=O)c(Nc3ccc(CN(C)C(C)C)cc3)n2)ccc(F)c1CC(=O)c1cc2c(s1)C1CCC2C1. The first-order valence-electron chi connectivity index (χ1n) is 14.7. The van der Waals surface area contributed by atoms with Crippen molar-refractivity contribution in [2.45, 2.75) is 70.9 Å². The highest BCUT2D eigenvalue weighted by atomic mass is 32.1. The molecule has 2 aliphatic carbocycles. The molecule has 2 heterocycles. The van der Waals surface area contributed by atoms with Crippen molar-refractivity contribution in [1.82, 2.24) is 14.5 Å². The summed E-state index contributed by atoms with van der Waals surface area (Å²) >= 11 is 1.60. The number of aromatic nitrogens is 2. The summed E-state index contributed by atoms with van der Waals surface area (Å²) in [5.74, 6) is 0.923. The monoisotopic (exact) mass is 584 g/mol. The van der Waals surface area contributed by atoms with Crippen molar-refractivity contribution in [1.29, 1.82) is 0 Å². The van der Waals surface area contributed by atoms with Gasteiger partial charge in [-0.3, -0.25) is 14.5 Å². The minimum atomic E-state index is -0.403. The number of aryl methyl sites for hydroxylation is 1. The zero-order valence-corrected chi connectivity index (χ0v) is 25.6. The lowest BCUT2D eigenvalue weighted by atomic mass is 9.95. The van der Waals surface area contributed by atoms with Crippen molar-refractivity contribution in [2.75, 3.05) is 12.4 Å². The van der Waals surface area contributed by atoms with Crippen LogP contribution in [0.2, 0.25) is 0 Å². The second-order valence-electron chi connectivity index (χ2n) is 12.2. The van der Waals surface area contributed by atoms with Crippen molar-refractivity contribution in [3.63, 3.8) is 0 Å². The lowest BCUT2D eigenvalue weighted by Crippen LogP contribution is -2.25. The summed E-state index contributed by atoms with van der Waals surface area (Å²) < 4.78 is 16.6. The van der Waals surface area contributed by atoms with Crippen LogP contribution in [0, 0.1) is 12.7 Å². The number of rotatable bonds is 9. The van der Waals surface area contributed by atoms with Crippen LogP contribution in [0.3, 0.4) is 0 Å². The van der Waals surface area contributed by atoms with Crippen LogP contribution in [-0.2, 0) is 20.0 Å². The minimum Gasteiger partial charge on any atom is -0.336 e. The van der Waals surface area contributed by atoms with E-state index in [0.29, 0.717) is 40.3 Å². The Kier molecular flexibility index (Phi) is 7.62. The molecule has 2 atom stereocenters. The van der Waals surface area contributed by atoms with Crippen LogP contribution in [0.25, 0.3) is 11.3 Å². The van der Waals surface area contributed by atoms with Crippen LogP contribution >= 0.6 is 11.3 Å². The number of hydrogen-bond donors (Lipinski definition) is 1. The molecule has 0 amide bonds. The number of fused-ring (bicyclic) bond motifs is 5. The molecule has 218 valence electrons. The summed E-state index contributed by atoms with van der Waals surface area (Å²) in [6.07, 6.45) is 5.30. The van der Waals surface area contributed by atoms with Gasteiger partial charge >= 0.3 is 0 Å². The number of halogens is 1. The molecule has 1 N–H and O–H groups in total. The number of benzene rings is 2. The van der Waals surface area contributed by atoms with Gasteiger partial charge in [-0.1, -0.05) is 12.1 Å². The Morgan fingerprint density at radius 2 is 1.90 bits per heavy atom. The van der Waals surface area contributed by atoms with Crippen molar-refractivity contribution in [3.05, 3.63) is 96.8 Å². The number of Topliss-reactive ketones (excluding diaryl/α,β-unsaturated/α-hetero) is 1. The highest BCUT2D eigenvalue weighted by molar-refractivity contribution is 7.14. The first kappa shape index (κ1) is 28.5. The smallest absolute Gasteiger partial charge is 0.293 e. The predicted molar refractivity (Wildman–Crippen MR) is 168 cm³/mol. The highest BCUT2D eigenvalue weighted by Gasteiger charge is 2.39. The van der Waals surface area contributed by atoms with Gasteiger partial charge in [0, 0.05) is 48.4 Å². The molecule has 4 aromatic rings. The van der Waals surface area contributed by atoms with Gasteiger partial charge in [0.25, 0.3) is 5.56 Å². The molecule has 6 nitrogen and oxygen atoms in total. The van der Waals surface area contributed by atoms with E-state index in [1.165, 1.54) is 45.9 Å². The van der Waals surface area contributed by atoms with Crippen LogP contribution in [-0.4, -0.2) is 33.3 Å². The quantitative estimate of drug-likeness (QED) is 0.209. The van der Waals surface area contributed by atoms with E-state index in [0.717, 1.165) is 17.1 Å². The Hall–Kier alpha value is -3.62. The molecular weight excluding hydrogens is 547 g/mol. The highest BCUT2D eigenvalue weighted by Crippen LogP contribution is 2.56. The van der Waals surface area contributed by atoms with E-state index in [2.05, 4.69) is 42.2 Å². The number of anilines is 2. The van der Waals surface area contributed by atoms with Gasteiger partial charge in [-0.05, 0) is 112 Å². The van der Waals surface area contributed by atoms with Crippen molar-refractivity contribution >= 4 is 28.6 Å². The van der Waals surface area contributed by atoms with Gasteiger partial charge in [0.15, 0.2) is 11.6 Å². The number of carbonyl (C=O) groups excluding carboxylic acids is 1. The number of thiophene rings is 1. The molecule has 1 fully saturated rings. The van der Waals surface area contributed by atoms with E-state index in [4.69, 9.17) is 0 Å². The largest absolute Gasteiger partial charge is 0.336 e. The molecule has 0 radical (unpaired) electrons. The molecule has 0 spiro atoms. The third kappa shape index (κ3) is 5.34. The molecule has 2 aromatic heterocycles. The molecule has 2 aromatic carbocycles. The molecule has 2 unspecified atom stereocenters. The van der Waals surface area contributed by atoms with Gasteiger partial charge in [-0.2, -0.15) is 0 Å². The van der Waals surface area contributed by atoms with E-state index in [1.807, 2.05) is 31.2 Å². The first-order valence-corrected chi connectivity index (χ1v) is 15.5. The van der Waals surface area contributed by atoms with E-state index in [-0.39, 0.29) is 23.6 Å². The van der Waals surface area contributed by atoms with E-state index < -0.39 is 5.82 Å². The van der Waals surface area contributed by atoms with Gasteiger partial charge in [-0.25, -0.2) is 9.37 Å². The summed E-state index contributed by atoms with van der Waals surface area (Å²) in [4.78, 5) is 35.4. The molecule has 42 heavy (non-hydrogen) atoms. The average Bonchev–Trinajstić information content (AvgIpc) is 3.69. The van der Waals surface area contributed by atoms with Crippen LogP contribution in [0.4, 0.5) is 15.9 Å². The second-order valence-corrected chi connectivity index (χ2v) is 13.2. The second kappa shape index (κ2) is 11.2. The Balaban J connectivity index is 1.25. The Bertz CT molecular complexity index is 1700. The van der Waals surface area contributed by atoms with Crippen molar-refractivity contribution < 1.29 is 9.18 Å². The van der Waals surface area contributed by atoms with Gasteiger partial charge in [-0.15, -0.1) is 11.3 Å². The first-order chi connectivity index (χ1) is 20.1. The van der Waals surface area contributed by atoms with E-state index in [1.54, 1.807) is 30.6 Å². The maximum absolute atomic E-state index is 15.1. The third-order valence-electron chi connectivity index (χ3n) is 9.06. The molecule has 8 heteroatoms. The van der Waals surface area contributed by atoms with Crippen LogP contribution < -0.4 is 10.9 Å². The molecule has 2 bridgehead atoms. The zero-order chi connectivity index (χ0) is 29.7. The van der Waals surface area contributed by atoms with Gasteiger partial charge < -0.3 is 9.88 Å². The summed E-state index contributed by atoms with van der Waals surface area (Å²) in [6, 6.07) is 13.5. The molecule has 6 rings (SSSR count). The standard InChI is InChI=1S/C34H37FN4O2S/c1-19(2)38(4)17-21-6-10-24(11-7-21)36-33-34(41)39(5)18-29(37-33)25-12-13-28(35)26(20(25)3)15-30(40)31-16-27-22-8-9-23(14-22)32(27)42-31/h6-7,10-13,16,18-19,22-23H,8-9,14-15,17H2,1-5H3,(H,36,37). The van der Waals surface area contributed by atoms with Gasteiger partial charge in [0.2, 0.25) is 0 Å². The summed E-state index contributed by atoms with van der Waals surface area (Å²) in [5, 5.41) is 3.17. The van der Waals surface area contributed by atoms with Gasteiger partial charge in [0.1, 0.15) is 5.82 Å². The molecule has 1 saturated carbocycles. The number of ketones is 1. The molecule has 0 saturated heterocycles. The Morgan fingerprint density at radius 1 is 1.17 bits per heavy atom. The lowest BCUT2D eigenvalue weighted by molar-refractivity contribution is 0.0995. The number of nitrogens with zero attached hydrogens (tertiary/aromatic N) is 3. The maximum atomic E-state index is 15.1. The Labute approximate surface area is 250 Å². The summed E-state index contributed by atoms with van der Waals surface area (Å²) in [7, 11) is 3.77.